The van der Waals surface area contributed by atoms with Gasteiger partial charge in [0.15, 0.2) is 5.78 Å². The third-order valence-electron chi connectivity index (χ3n) is 4.44. The summed E-state index contributed by atoms with van der Waals surface area (Å²) in [7, 11) is 0. The number of aryl methyl sites for hydroxylation is 1. The zero-order valence-electron chi connectivity index (χ0n) is 13.5. The number of nitrogens with zero attached hydrogens (tertiary/aromatic N) is 1. The van der Waals surface area contributed by atoms with E-state index in [0.717, 1.165) is 24.1 Å². The molecule has 2 N–H and O–H groups in total. The summed E-state index contributed by atoms with van der Waals surface area (Å²) in [6, 6.07) is 0.669. The minimum absolute atomic E-state index is 0.0139. The first-order chi connectivity index (χ1) is 9.82. The first-order valence-electron chi connectivity index (χ1n) is 7.62. The van der Waals surface area contributed by atoms with Gasteiger partial charge in [0.1, 0.15) is 5.69 Å². The molecule has 2 atom stereocenters. The van der Waals surface area contributed by atoms with Crippen LogP contribution in [0.2, 0.25) is 0 Å². The molecule has 5 heteroatoms. The monoisotopic (exact) mass is 291 g/mol. The molecule has 0 aliphatic carbocycles. The van der Waals surface area contributed by atoms with Gasteiger partial charge in [-0.25, -0.2) is 5.01 Å². The number of aromatic nitrogens is 1. The number of hydrogen-bond donors (Lipinski definition) is 2. The Morgan fingerprint density at radius 3 is 2.24 bits per heavy atom. The first kappa shape index (κ1) is 15.8. The Morgan fingerprint density at radius 2 is 1.76 bits per heavy atom. The number of hydrazine groups is 1. The van der Waals surface area contributed by atoms with E-state index in [9.17, 15) is 9.59 Å². The van der Waals surface area contributed by atoms with Crippen LogP contribution in [0.5, 0.6) is 0 Å². The zero-order chi connectivity index (χ0) is 15.7. The van der Waals surface area contributed by atoms with Crippen LogP contribution in [0.1, 0.15) is 72.1 Å². The number of Topliss-reactive ketones (excluding diaryl/α,β-unsaturated/α-hetero) is 1. The van der Waals surface area contributed by atoms with E-state index in [-0.39, 0.29) is 11.7 Å². The van der Waals surface area contributed by atoms with E-state index < -0.39 is 0 Å². The molecule has 21 heavy (non-hydrogen) atoms. The molecule has 0 saturated carbocycles. The number of aromatic amines is 1. The van der Waals surface area contributed by atoms with Crippen LogP contribution < -0.4 is 5.43 Å². The van der Waals surface area contributed by atoms with Crippen molar-refractivity contribution in [2.24, 2.45) is 0 Å². The lowest BCUT2D eigenvalue weighted by atomic mass is 10.00. The Morgan fingerprint density at radius 1 is 1.19 bits per heavy atom. The Kier molecular flexibility index (Phi) is 4.52. The largest absolute Gasteiger partial charge is 0.354 e. The average molecular weight is 291 g/mol. The summed E-state index contributed by atoms with van der Waals surface area (Å²) < 4.78 is 0. The van der Waals surface area contributed by atoms with Crippen molar-refractivity contribution in [2.75, 3.05) is 0 Å². The molecule has 0 radical (unpaired) electrons. The fourth-order valence-electron chi connectivity index (χ4n) is 3.32. The zero-order valence-corrected chi connectivity index (χ0v) is 13.5. The number of amides is 1. The second-order valence-corrected chi connectivity index (χ2v) is 6.16. The number of hydrogen-bond acceptors (Lipinski definition) is 3. The van der Waals surface area contributed by atoms with E-state index in [1.807, 2.05) is 18.9 Å². The van der Waals surface area contributed by atoms with Crippen molar-refractivity contribution < 1.29 is 9.59 Å². The minimum Gasteiger partial charge on any atom is -0.354 e. The van der Waals surface area contributed by atoms with Crippen molar-refractivity contribution in [1.82, 2.24) is 15.4 Å². The molecule has 1 fully saturated rings. The number of carbonyl (C=O) groups is 2. The molecule has 1 aromatic heterocycles. The molecule has 1 amide bonds. The Labute approximate surface area is 126 Å². The molecule has 0 aromatic carbocycles. The van der Waals surface area contributed by atoms with Gasteiger partial charge in [-0.05, 0) is 53.0 Å². The topological polar surface area (TPSA) is 65.2 Å². The van der Waals surface area contributed by atoms with E-state index in [1.54, 1.807) is 0 Å². The third kappa shape index (κ3) is 3.02. The average Bonchev–Trinajstić information content (AvgIpc) is 2.69. The van der Waals surface area contributed by atoms with Gasteiger partial charge >= 0.3 is 0 Å². The Bertz CT molecular complexity index is 552. The molecule has 0 bridgehead atoms. The summed E-state index contributed by atoms with van der Waals surface area (Å²) in [5.41, 5.74) is 5.61. The van der Waals surface area contributed by atoms with Gasteiger partial charge in [-0.15, -0.1) is 0 Å². The number of ketones is 1. The number of nitrogens with one attached hydrogen (secondary N) is 2. The summed E-state index contributed by atoms with van der Waals surface area (Å²) >= 11 is 0. The van der Waals surface area contributed by atoms with Gasteiger partial charge in [0, 0.05) is 23.3 Å². The summed E-state index contributed by atoms with van der Waals surface area (Å²) in [6.45, 7) is 9.43. The van der Waals surface area contributed by atoms with Gasteiger partial charge in [0.25, 0.3) is 5.91 Å². The fourth-order valence-corrected chi connectivity index (χ4v) is 3.32. The van der Waals surface area contributed by atoms with Gasteiger partial charge in [-0.3, -0.25) is 15.0 Å². The first-order valence-corrected chi connectivity index (χ1v) is 7.62. The second kappa shape index (κ2) is 6.02. The van der Waals surface area contributed by atoms with E-state index in [0.29, 0.717) is 23.3 Å². The summed E-state index contributed by atoms with van der Waals surface area (Å²) in [4.78, 5) is 27.2. The SMILES string of the molecule is CC(=O)c1c(C)[nH]c(C(=O)NN2[C@H](C)CCC[C@H]2C)c1C. The highest BCUT2D eigenvalue weighted by atomic mass is 16.2. The normalized spacial score (nSPS) is 23.1. The summed E-state index contributed by atoms with van der Waals surface area (Å²) in [5.74, 6) is -0.177. The lowest BCUT2D eigenvalue weighted by Gasteiger charge is -2.38. The number of piperidine rings is 1. The highest BCUT2D eigenvalue weighted by Gasteiger charge is 2.28. The van der Waals surface area contributed by atoms with Crippen LogP contribution >= 0.6 is 0 Å². The van der Waals surface area contributed by atoms with E-state index in [4.69, 9.17) is 0 Å². The molecule has 1 aromatic rings. The quantitative estimate of drug-likeness (QED) is 0.842. The lowest BCUT2D eigenvalue weighted by molar-refractivity contribution is 0.0366. The van der Waals surface area contributed by atoms with Gasteiger partial charge < -0.3 is 4.98 Å². The summed E-state index contributed by atoms with van der Waals surface area (Å²) in [6.07, 6.45) is 3.38. The van der Waals surface area contributed by atoms with Crippen molar-refractivity contribution in [3.63, 3.8) is 0 Å². The van der Waals surface area contributed by atoms with E-state index >= 15 is 0 Å². The van der Waals surface area contributed by atoms with Crippen molar-refractivity contribution in [1.29, 1.82) is 0 Å². The molecule has 0 unspecified atom stereocenters. The standard InChI is InChI=1S/C16H25N3O2/c1-9-7-6-8-10(2)19(9)18-16(21)15-11(3)14(13(5)20)12(4)17-15/h9-10,17H,6-8H2,1-5H3,(H,18,21)/t9-,10-/m1/s1. The van der Waals surface area contributed by atoms with Gasteiger partial charge in [-0.1, -0.05) is 6.42 Å². The fraction of sp³-hybridized carbons (Fsp3) is 0.625. The maximum Gasteiger partial charge on any atom is 0.282 e. The van der Waals surface area contributed by atoms with Crippen LogP contribution in [0.15, 0.2) is 0 Å². The molecule has 5 nitrogen and oxygen atoms in total. The molecule has 2 rings (SSSR count). The highest BCUT2D eigenvalue weighted by Crippen LogP contribution is 2.22. The van der Waals surface area contributed by atoms with E-state index in [1.165, 1.54) is 13.3 Å². The molecular formula is C16H25N3O2. The van der Waals surface area contributed by atoms with Crippen LogP contribution in [-0.4, -0.2) is 33.8 Å². The maximum atomic E-state index is 12.5. The molecule has 2 heterocycles. The third-order valence-corrected chi connectivity index (χ3v) is 4.44. The molecule has 116 valence electrons. The van der Waals surface area contributed by atoms with Gasteiger partial charge in [0.2, 0.25) is 0 Å². The number of rotatable bonds is 3. The van der Waals surface area contributed by atoms with Crippen molar-refractivity contribution in [3.05, 3.63) is 22.5 Å². The number of H-pyrrole nitrogens is 1. The van der Waals surface area contributed by atoms with Crippen molar-refractivity contribution in [2.45, 2.75) is 66.0 Å². The van der Waals surface area contributed by atoms with Crippen LogP contribution in [0, 0.1) is 13.8 Å². The van der Waals surface area contributed by atoms with Crippen molar-refractivity contribution >= 4 is 11.7 Å². The molecule has 0 spiro atoms. The molecular weight excluding hydrogens is 266 g/mol. The lowest BCUT2D eigenvalue weighted by Crippen LogP contribution is -2.54. The maximum absolute atomic E-state index is 12.5. The summed E-state index contributed by atoms with van der Waals surface area (Å²) in [5, 5.41) is 2.04. The Balaban J connectivity index is 2.21. The van der Waals surface area contributed by atoms with Crippen LogP contribution in [0.3, 0.4) is 0 Å². The predicted octanol–water partition coefficient (Wildman–Crippen LogP) is 2.74. The predicted molar refractivity (Wildman–Crippen MR) is 82.4 cm³/mol. The minimum atomic E-state index is -0.163. The van der Waals surface area contributed by atoms with Crippen molar-refractivity contribution in [3.8, 4) is 0 Å². The van der Waals surface area contributed by atoms with Crippen LogP contribution in [0.4, 0.5) is 0 Å². The Hall–Kier alpha value is -1.62. The molecule has 1 saturated heterocycles. The van der Waals surface area contributed by atoms with Crippen LogP contribution in [-0.2, 0) is 0 Å². The number of carbonyl (C=O) groups excluding carboxylic acids is 2. The molecule has 1 aliphatic heterocycles. The molecule has 1 aliphatic rings. The van der Waals surface area contributed by atoms with Gasteiger partial charge in [-0.2, -0.15) is 0 Å². The van der Waals surface area contributed by atoms with E-state index in [2.05, 4.69) is 24.3 Å². The van der Waals surface area contributed by atoms with Crippen LogP contribution in [0.25, 0.3) is 0 Å². The van der Waals surface area contributed by atoms with Gasteiger partial charge in [0.05, 0.1) is 0 Å². The highest BCUT2D eigenvalue weighted by molar-refractivity contribution is 6.02. The second-order valence-electron chi connectivity index (χ2n) is 6.16. The smallest absolute Gasteiger partial charge is 0.282 e.